The monoisotopic (exact) mass is 185 g/mol. The third-order valence-electron chi connectivity index (χ3n) is 3.13. The van der Waals surface area contributed by atoms with Crippen LogP contribution >= 0.6 is 0 Å². The summed E-state index contributed by atoms with van der Waals surface area (Å²) in [6, 6.07) is 0.623. The van der Waals surface area contributed by atoms with Crippen molar-refractivity contribution in [2.45, 2.75) is 52.2 Å². The van der Waals surface area contributed by atoms with Crippen LogP contribution in [-0.2, 0) is 0 Å². The summed E-state index contributed by atoms with van der Waals surface area (Å²) >= 11 is 0. The van der Waals surface area contributed by atoms with Crippen molar-refractivity contribution in [1.29, 1.82) is 0 Å². The molecule has 0 heterocycles. The molecule has 2 heteroatoms. The largest absolute Gasteiger partial charge is 0.392 e. The lowest BCUT2D eigenvalue weighted by molar-refractivity contribution is 0.162. The minimum atomic E-state index is -0.218. The van der Waals surface area contributed by atoms with E-state index in [9.17, 15) is 5.11 Å². The third-order valence-corrected chi connectivity index (χ3v) is 3.13. The van der Waals surface area contributed by atoms with Crippen molar-refractivity contribution >= 4 is 0 Å². The van der Waals surface area contributed by atoms with Crippen molar-refractivity contribution in [3.05, 3.63) is 0 Å². The zero-order valence-corrected chi connectivity index (χ0v) is 9.09. The Morgan fingerprint density at radius 3 is 2.69 bits per heavy atom. The van der Waals surface area contributed by atoms with E-state index < -0.39 is 0 Å². The normalized spacial score (nSPS) is 37.4. The molecule has 1 aliphatic rings. The Labute approximate surface area is 81.7 Å². The van der Waals surface area contributed by atoms with E-state index in [0.29, 0.717) is 6.04 Å². The SMILES string of the molecule is CC1CCC(C)C(NC[C@@H](C)O)C1. The first kappa shape index (κ1) is 11.0. The van der Waals surface area contributed by atoms with Crippen LogP contribution in [0.4, 0.5) is 0 Å². The van der Waals surface area contributed by atoms with Crippen LogP contribution in [0.2, 0.25) is 0 Å². The quantitative estimate of drug-likeness (QED) is 0.702. The first-order valence-electron chi connectivity index (χ1n) is 5.51. The van der Waals surface area contributed by atoms with Gasteiger partial charge in [0.05, 0.1) is 6.10 Å². The maximum atomic E-state index is 9.17. The van der Waals surface area contributed by atoms with E-state index in [1.165, 1.54) is 19.3 Å². The van der Waals surface area contributed by atoms with E-state index in [1.54, 1.807) is 0 Å². The predicted octanol–water partition coefficient (Wildman–Crippen LogP) is 1.78. The molecule has 0 aromatic heterocycles. The summed E-state index contributed by atoms with van der Waals surface area (Å²) in [5.41, 5.74) is 0. The van der Waals surface area contributed by atoms with Gasteiger partial charge in [-0.15, -0.1) is 0 Å². The Morgan fingerprint density at radius 1 is 1.38 bits per heavy atom. The molecule has 2 N–H and O–H groups in total. The van der Waals surface area contributed by atoms with E-state index in [-0.39, 0.29) is 6.10 Å². The van der Waals surface area contributed by atoms with Gasteiger partial charge in [-0.2, -0.15) is 0 Å². The minimum Gasteiger partial charge on any atom is -0.392 e. The summed E-state index contributed by atoms with van der Waals surface area (Å²) in [5, 5.41) is 12.6. The molecule has 0 aromatic rings. The maximum absolute atomic E-state index is 9.17. The number of rotatable bonds is 3. The van der Waals surface area contributed by atoms with Crippen LogP contribution in [0, 0.1) is 11.8 Å². The molecule has 0 aliphatic heterocycles. The zero-order chi connectivity index (χ0) is 9.84. The van der Waals surface area contributed by atoms with Crippen molar-refractivity contribution in [2.75, 3.05) is 6.54 Å². The standard InChI is InChI=1S/C11H23NO/c1-8-4-5-9(2)11(6-8)12-7-10(3)13/h8-13H,4-7H2,1-3H3/t8?,9?,10-,11?/m1/s1. The summed E-state index contributed by atoms with van der Waals surface area (Å²) in [6.45, 7) is 7.21. The number of hydrogen-bond donors (Lipinski definition) is 2. The van der Waals surface area contributed by atoms with Gasteiger partial charge in [0.1, 0.15) is 0 Å². The molecule has 4 atom stereocenters. The topological polar surface area (TPSA) is 32.3 Å². The molecule has 0 aromatic carbocycles. The summed E-state index contributed by atoms with van der Waals surface area (Å²) in [5.74, 6) is 1.62. The summed E-state index contributed by atoms with van der Waals surface area (Å²) in [7, 11) is 0. The molecule has 0 spiro atoms. The maximum Gasteiger partial charge on any atom is 0.0636 e. The molecule has 1 rings (SSSR count). The highest BCUT2D eigenvalue weighted by atomic mass is 16.3. The van der Waals surface area contributed by atoms with Gasteiger partial charge < -0.3 is 10.4 Å². The van der Waals surface area contributed by atoms with Gasteiger partial charge >= 0.3 is 0 Å². The van der Waals surface area contributed by atoms with Gasteiger partial charge in [-0.25, -0.2) is 0 Å². The molecular formula is C11H23NO. The summed E-state index contributed by atoms with van der Waals surface area (Å²) in [6.07, 6.45) is 3.75. The van der Waals surface area contributed by atoms with Gasteiger partial charge in [-0.3, -0.25) is 0 Å². The van der Waals surface area contributed by atoms with Gasteiger partial charge in [0.15, 0.2) is 0 Å². The van der Waals surface area contributed by atoms with Crippen LogP contribution in [0.25, 0.3) is 0 Å². The lowest BCUT2D eigenvalue weighted by Gasteiger charge is -2.33. The molecule has 3 unspecified atom stereocenters. The second kappa shape index (κ2) is 4.97. The summed E-state index contributed by atoms with van der Waals surface area (Å²) < 4.78 is 0. The molecule has 1 fully saturated rings. The van der Waals surface area contributed by atoms with Crippen LogP contribution < -0.4 is 5.32 Å². The predicted molar refractivity (Wildman–Crippen MR) is 55.7 cm³/mol. The van der Waals surface area contributed by atoms with Gasteiger partial charge in [0.25, 0.3) is 0 Å². The number of aliphatic hydroxyl groups is 1. The van der Waals surface area contributed by atoms with Gasteiger partial charge in [0, 0.05) is 12.6 Å². The molecule has 0 saturated heterocycles. The highest BCUT2D eigenvalue weighted by molar-refractivity contribution is 4.81. The van der Waals surface area contributed by atoms with Crippen LogP contribution in [-0.4, -0.2) is 23.8 Å². The van der Waals surface area contributed by atoms with Crippen LogP contribution in [0.3, 0.4) is 0 Å². The minimum absolute atomic E-state index is 0.218. The Kier molecular flexibility index (Phi) is 4.20. The average molecular weight is 185 g/mol. The van der Waals surface area contributed by atoms with E-state index in [4.69, 9.17) is 0 Å². The number of hydrogen-bond acceptors (Lipinski definition) is 2. The van der Waals surface area contributed by atoms with Crippen LogP contribution in [0.5, 0.6) is 0 Å². The molecule has 78 valence electrons. The van der Waals surface area contributed by atoms with Crippen molar-refractivity contribution in [3.63, 3.8) is 0 Å². The van der Waals surface area contributed by atoms with Crippen LogP contribution in [0.15, 0.2) is 0 Å². The zero-order valence-electron chi connectivity index (χ0n) is 9.09. The van der Waals surface area contributed by atoms with Gasteiger partial charge in [-0.1, -0.05) is 20.3 Å². The van der Waals surface area contributed by atoms with Crippen molar-refractivity contribution < 1.29 is 5.11 Å². The highest BCUT2D eigenvalue weighted by Crippen LogP contribution is 2.28. The fourth-order valence-electron chi connectivity index (χ4n) is 2.14. The first-order valence-corrected chi connectivity index (χ1v) is 5.51. The first-order chi connectivity index (χ1) is 6.09. The fraction of sp³-hybridized carbons (Fsp3) is 1.00. The van der Waals surface area contributed by atoms with E-state index in [1.807, 2.05) is 6.92 Å². The lowest BCUT2D eigenvalue weighted by Crippen LogP contribution is -2.42. The second-order valence-electron chi connectivity index (χ2n) is 4.76. The Balaban J connectivity index is 2.29. The molecule has 0 bridgehead atoms. The molecule has 1 aliphatic carbocycles. The van der Waals surface area contributed by atoms with Crippen molar-refractivity contribution in [1.82, 2.24) is 5.32 Å². The Morgan fingerprint density at radius 2 is 2.08 bits per heavy atom. The van der Waals surface area contributed by atoms with Gasteiger partial charge in [0.2, 0.25) is 0 Å². The van der Waals surface area contributed by atoms with Crippen molar-refractivity contribution in [2.24, 2.45) is 11.8 Å². The lowest BCUT2D eigenvalue weighted by atomic mass is 9.80. The Hall–Kier alpha value is -0.0800. The molecule has 0 amide bonds. The van der Waals surface area contributed by atoms with Crippen molar-refractivity contribution in [3.8, 4) is 0 Å². The van der Waals surface area contributed by atoms with E-state index in [2.05, 4.69) is 19.2 Å². The average Bonchev–Trinajstić information content (AvgIpc) is 2.06. The number of aliphatic hydroxyl groups excluding tert-OH is 1. The third kappa shape index (κ3) is 3.65. The van der Waals surface area contributed by atoms with Crippen LogP contribution in [0.1, 0.15) is 40.0 Å². The fourth-order valence-corrected chi connectivity index (χ4v) is 2.14. The highest BCUT2D eigenvalue weighted by Gasteiger charge is 2.24. The Bertz CT molecular complexity index is 147. The van der Waals surface area contributed by atoms with E-state index >= 15 is 0 Å². The smallest absolute Gasteiger partial charge is 0.0636 e. The van der Waals surface area contributed by atoms with Gasteiger partial charge in [-0.05, 0) is 31.6 Å². The molecule has 2 nitrogen and oxygen atoms in total. The second-order valence-corrected chi connectivity index (χ2v) is 4.76. The van der Waals surface area contributed by atoms with E-state index in [0.717, 1.165) is 18.4 Å². The molecular weight excluding hydrogens is 162 g/mol. The number of nitrogens with one attached hydrogen (secondary N) is 1. The molecule has 13 heavy (non-hydrogen) atoms. The summed E-state index contributed by atoms with van der Waals surface area (Å²) in [4.78, 5) is 0. The molecule has 1 saturated carbocycles. The molecule has 0 radical (unpaired) electrons.